The van der Waals surface area contributed by atoms with E-state index in [4.69, 9.17) is 5.73 Å². The summed E-state index contributed by atoms with van der Waals surface area (Å²) in [6.07, 6.45) is 0. The first-order chi connectivity index (χ1) is 8.97. The highest BCUT2D eigenvalue weighted by atomic mass is 32.1. The number of benzene rings is 1. The quantitative estimate of drug-likeness (QED) is 0.904. The highest BCUT2D eigenvalue weighted by Crippen LogP contribution is 2.19. The first-order valence-corrected chi connectivity index (χ1v) is 6.86. The Morgan fingerprint density at radius 2 is 2.11 bits per heavy atom. The van der Waals surface area contributed by atoms with Gasteiger partial charge in [-0.2, -0.15) is 0 Å². The molecule has 0 atom stereocenters. The van der Waals surface area contributed by atoms with Gasteiger partial charge in [-0.1, -0.05) is 35.1 Å². The number of nitrogens with zero attached hydrogens (tertiary/aromatic N) is 1. The van der Waals surface area contributed by atoms with E-state index in [1.165, 1.54) is 22.5 Å². The molecule has 1 amide bonds. The van der Waals surface area contributed by atoms with Gasteiger partial charge in [0.2, 0.25) is 0 Å². The summed E-state index contributed by atoms with van der Waals surface area (Å²) in [6.45, 7) is 6.39. The number of amides is 1. The van der Waals surface area contributed by atoms with E-state index in [2.05, 4.69) is 28.5 Å². The average molecular weight is 275 g/mol. The Bertz CT molecular complexity index is 619. The van der Waals surface area contributed by atoms with Crippen LogP contribution in [0.25, 0.3) is 0 Å². The highest BCUT2D eigenvalue weighted by molar-refractivity contribution is 7.17. The average Bonchev–Trinajstić information content (AvgIpc) is 2.69. The van der Waals surface area contributed by atoms with Crippen molar-refractivity contribution in [2.75, 3.05) is 5.73 Å². The van der Waals surface area contributed by atoms with E-state index in [0.29, 0.717) is 22.2 Å². The van der Waals surface area contributed by atoms with Crippen LogP contribution in [0.4, 0.5) is 5.13 Å². The molecule has 5 heteroatoms. The van der Waals surface area contributed by atoms with E-state index in [1.807, 2.05) is 13.8 Å². The number of aromatic nitrogens is 1. The van der Waals surface area contributed by atoms with Crippen LogP contribution in [0.3, 0.4) is 0 Å². The second kappa shape index (κ2) is 5.40. The second-order valence-corrected chi connectivity index (χ2v) is 5.61. The highest BCUT2D eigenvalue weighted by Gasteiger charge is 2.13. The molecule has 0 aliphatic heterocycles. The Kier molecular flexibility index (Phi) is 3.85. The summed E-state index contributed by atoms with van der Waals surface area (Å²) in [4.78, 5) is 16.7. The van der Waals surface area contributed by atoms with Gasteiger partial charge in [-0.15, -0.1) is 0 Å². The fourth-order valence-corrected chi connectivity index (χ4v) is 2.62. The van der Waals surface area contributed by atoms with Crippen molar-refractivity contribution < 1.29 is 4.79 Å². The van der Waals surface area contributed by atoms with Gasteiger partial charge in [0, 0.05) is 6.54 Å². The van der Waals surface area contributed by atoms with Crippen molar-refractivity contribution in [1.29, 1.82) is 0 Å². The summed E-state index contributed by atoms with van der Waals surface area (Å²) < 4.78 is 0. The zero-order chi connectivity index (χ0) is 14.0. The van der Waals surface area contributed by atoms with Crippen LogP contribution in [0.5, 0.6) is 0 Å². The third-order valence-electron chi connectivity index (χ3n) is 2.96. The standard InChI is InChI=1S/C14H17N3OS/c1-8-4-5-9(2)11(6-8)7-16-13(18)12-10(3)17-14(15)19-12/h4-6H,7H2,1-3H3,(H2,15,17)(H,16,18). The monoisotopic (exact) mass is 275 g/mol. The molecule has 0 spiro atoms. The first-order valence-electron chi connectivity index (χ1n) is 6.04. The zero-order valence-corrected chi connectivity index (χ0v) is 12.1. The van der Waals surface area contributed by atoms with Crippen LogP contribution in [-0.4, -0.2) is 10.9 Å². The fraction of sp³-hybridized carbons (Fsp3) is 0.286. The number of nitrogens with one attached hydrogen (secondary N) is 1. The molecular weight excluding hydrogens is 258 g/mol. The van der Waals surface area contributed by atoms with Gasteiger partial charge in [-0.05, 0) is 31.9 Å². The predicted molar refractivity (Wildman–Crippen MR) is 78.3 cm³/mol. The van der Waals surface area contributed by atoms with Gasteiger partial charge in [0.05, 0.1) is 5.69 Å². The van der Waals surface area contributed by atoms with E-state index in [9.17, 15) is 4.79 Å². The zero-order valence-electron chi connectivity index (χ0n) is 11.3. The Balaban J connectivity index is 2.08. The molecule has 0 saturated carbocycles. The molecule has 2 rings (SSSR count). The number of nitrogen functional groups attached to an aromatic ring is 1. The Labute approximate surface area is 116 Å². The van der Waals surface area contributed by atoms with Gasteiger partial charge in [0.25, 0.3) is 5.91 Å². The van der Waals surface area contributed by atoms with Crippen LogP contribution < -0.4 is 11.1 Å². The summed E-state index contributed by atoms with van der Waals surface area (Å²) in [5, 5.41) is 3.34. The number of aryl methyl sites for hydroxylation is 3. The molecular formula is C14H17N3OS. The van der Waals surface area contributed by atoms with Crippen molar-refractivity contribution in [3.05, 3.63) is 45.5 Å². The Morgan fingerprint density at radius 3 is 2.74 bits per heavy atom. The van der Waals surface area contributed by atoms with E-state index in [0.717, 1.165) is 5.56 Å². The molecule has 2 aromatic rings. The summed E-state index contributed by atoms with van der Waals surface area (Å²) in [5.41, 5.74) is 9.77. The molecule has 19 heavy (non-hydrogen) atoms. The molecule has 3 N–H and O–H groups in total. The number of rotatable bonds is 3. The maximum absolute atomic E-state index is 12.1. The Morgan fingerprint density at radius 1 is 1.37 bits per heavy atom. The molecule has 1 heterocycles. The molecule has 0 unspecified atom stereocenters. The maximum Gasteiger partial charge on any atom is 0.263 e. The number of carbonyl (C=O) groups excluding carboxylic acids is 1. The summed E-state index contributed by atoms with van der Waals surface area (Å²) in [6, 6.07) is 6.21. The third-order valence-corrected chi connectivity index (χ3v) is 3.95. The van der Waals surface area contributed by atoms with Crippen molar-refractivity contribution in [1.82, 2.24) is 10.3 Å². The molecule has 0 radical (unpaired) electrons. The molecule has 1 aromatic heterocycles. The summed E-state index contributed by atoms with van der Waals surface area (Å²) >= 11 is 1.22. The fourth-order valence-electron chi connectivity index (χ4n) is 1.87. The lowest BCUT2D eigenvalue weighted by molar-refractivity contribution is 0.0954. The number of thiazole rings is 1. The lowest BCUT2D eigenvalue weighted by Gasteiger charge is -2.08. The van der Waals surface area contributed by atoms with E-state index in [-0.39, 0.29) is 5.91 Å². The lowest BCUT2D eigenvalue weighted by Crippen LogP contribution is -2.23. The summed E-state index contributed by atoms with van der Waals surface area (Å²) in [5.74, 6) is -0.118. The van der Waals surface area contributed by atoms with Crippen molar-refractivity contribution >= 4 is 22.4 Å². The summed E-state index contributed by atoms with van der Waals surface area (Å²) in [7, 11) is 0. The van der Waals surface area contributed by atoms with Crippen LogP contribution in [0, 0.1) is 20.8 Å². The van der Waals surface area contributed by atoms with Gasteiger partial charge in [0.15, 0.2) is 5.13 Å². The van der Waals surface area contributed by atoms with Crippen LogP contribution in [0.1, 0.15) is 32.1 Å². The number of hydrogen-bond donors (Lipinski definition) is 2. The van der Waals surface area contributed by atoms with Gasteiger partial charge in [-0.3, -0.25) is 4.79 Å². The molecule has 4 nitrogen and oxygen atoms in total. The van der Waals surface area contributed by atoms with Crippen LogP contribution >= 0.6 is 11.3 Å². The molecule has 0 aliphatic rings. The Hall–Kier alpha value is -1.88. The van der Waals surface area contributed by atoms with E-state index >= 15 is 0 Å². The molecule has 0 saturated heterocycles. The number of carbonyl (C=O) groups is 1. The smallest absolute Gasteiger partial charge is 0.263 e. The first kappa shape index (κ1) is 13.5. The minimum atomic E-state index is -0.118. The minimum absolute atomic E-state index is 0.118. The number of anilines is 1. The topological polar surface area (TPSA) is 68.0 Å². The predicted octanol–water partition coefficient (Wildman–Crippen LogP) is 2.58. The van der Waals surface area contributed by atoms with Gasteiger partial charge >= 0.3 is 0 Å². The van der Waals surface area contributed by atoms with Crippen molar-refractivity contribution in [3.63, 3.8) is 0 Å². The number of nitrogens with two attached hydrogens (primary N) is 1. The normalized spacial score (nSPS) is 10.5. The largest absolute Gasteiger partial charge is 0.375 e. The van der Waals surface area contributed by atoms with Crippen LogP contribution in [-0.2, 0) is 6.54 Å². The van der Waals surface area contributed by atoms with Crippen molar-refractivity contribution in [2.24, 2.45) is 0 Å². The van der Waals surface area contributed by atoms with E-state index in [1.54, 1.807) is 6.92 Å². The van der Waals surface area contributed by atoms with Crippen LogP contribution in [0.2, 0.25) is 0 Å². The van der Waals surface area contributed by atoms with Gasteiger partial charge in [-0.25, -0.2) is 4.98 Å². The number of hydrogen-bond acceptors (Lipinski definition) is 4. The minimum Gasteiger partial charge on any atom is -0.375 e. The van der Waals surface area contributed by atoms with Gasteiger partial charge < -0.3 is 11.1 Å². The molecule has 100 valence electrons. The third kappa shape index (κ3) is 3.12. The SMILES string of the molecule is Cc1ccc(C)c(CNC(=O)c2sc(N)nc2C)c1. The molecule has 0 bridgehead atoms. The maximum atomic E-state index is 12.1. The molecule has 0 aliphatic carbocycles. The lowest BCUT2D eigenvalue weighted by atomic mass is 10.1. The van der Waals surface area contributed by atoms with Crippen molar-refractivity contribution in [3.8, 4) is 0 Å². The van der Waals surface area contributed by atoms with Crippen LogP contribution in [0.15, 0.2) is 18.2 Å². The van der Waals surface area contributed by atoms with Gasteiger partial charge in [0.1, 0.15) is 4.88 Å². The van der Waals surface area contributed by atoms with E-state index < -0.39 is 0 Å². The molecule has 0 fully saturated rings. The van der Waals surface area contributed by atoms with Crippen molar-refractivity contribution in [2.45, 2.75) is 27.3 Å². The second-order valence-electron chi connectivity index (χ2n) is 4.58. The molecule has 1 aromatic carbocycles.